The molecule has 1 atom stereocenters. The number of aromatic nitrogens is 3. The van der Waals surface area contributed by atoms with Gasteiger partial charge in [-0.2, -0.15) is 0 Å². The molecule has 0 radical (unpaired) electrons. The quantitative estimate of drug-likeness (QED) is 0.280. The van der Waals surface area contributed by atoms with Gasteiger partial charge in [0, 0.05) is 40.6 Å². The Balaban J connectivity index is 1.20. The van der Waals surface area contributed by atoms with Crippen molar-refractivity contribution in [2.75, 3.05) is 17.2 Å². The first-order valence-corrected chi connectivity index (χ1v) is 13.2. The van der Waals surface area contributed by atoms with Gasteiger partial charge in [0.05, 0.1) is 18.1 Å². The van der Waals surface area contributed by atoms with Crippen LogP contribution >= 0.6 is 0 Å². The molecule has 0 saturated carbocycles. The lowest BCUT2D eigenvalue weighted by Gasteiger charge is -2.24. The third-order valence-electron chi connectivity index (χ3n) is 7.31. The summed E-state index contributed by atoms with van der Waals surface area (Å²) in [5.74, 6) is -0.444. The van der Waals surface area contributed by atoms with Crippen molar-refractivity contribution in [1.29, 1.82) is 0 Å². The lowest BCUT2D eigenvalue weighted by atomic mass is 10.1. The molecule has 0 spiro atoms. The number of carbonyl (C=O) groups is 3. The number of anilines is 3. The highest BCUT2D eigenvalue weighted by molar-refractivity contribution is 6.08. The SMILES string of the molecule is CC(=O)c1cn(CC(=O)N2CCC[C@H]2C(=O)Nc2ccc3ccccc3c2)c2ccc(Nc3cncnc3)cc12. The molecule has 2 aromatic heterocycles. The number of carbonyl (C=O) groups excluding carboxylic acids is 3. The van der Waals surface area contributed by atoms with Gasteiger partial charge in [0.1, 0.15) is 18.9 Å². The fourth-order valence-corrected chi connectivity index (χ4v) is 5.38. The number of fused-ring (bicyclic) bond motifs is 2. The molecule has 2 amide bonds. The van der Waals surface area contributed by atoms with Gasteiger partial charge in [0.25, 0.3) is 0 Å². The van der Waals surface area contributed by atoms with E-state index in [1.807, 2.05) is 60.7 Å². The zero-order chi connectivity index (χ0) is 27.6. The standard InChI is InChI=1S/C31H28N6O3/c1-20(38)27-17-36(28-11-10-24(14-26(27)28)34-25-15-32-19-33-16-25)18-30(39)37-12-4-7-29(37)31(40)35-23-9-8-21-5-2-3-6-22(21)13-23/h2-3,5-6,8-11,13-17,19,29,34H,4,7,12,18H2,1H3,(H,35,40)/t29-/m0/s1. The van der Waals surface area contributed by atoms with Crippen LogP contribution in [0.5, 0.6) is 0 Å². The number of nitrogens with zero attached hydrogens (tertiary/aromatic N) is 4. The molecule has 3 heterocycles. The molecule has 9 nitrogen and oxygen atoms in total. The van der Waals surface area contributed by atoms with Gasteiger partial charge in [-0.15, -0.1) is 0 Å². The Morgan fingerprint density at radius 1 is 0.925 bits per heavy atom. The number of hydrogen-bond acceptors (Lipinski definition) is 6. The Hall–Kier alpha value is -5.05. The van der Waals surface area contributed by atoms with E-state index in [1.54, 1.807) is 28.1 Å². The van der Waals surface area contributed by atoms with Crippen molar-refractivity contribution in [2.24, 2.45) is 0 Å². The summed E-state index contributed by atoms with van der Waals surface area (Å²) < 4.78 is 1.79. The number of nitrogens with one attached hydrogen (secondary N) is 2. The lowest BCUT2D eigenvalue weighted by molar-refractivity contribution is -0.137. The van der Waals surface area contributed by atoms with E-state index in [0.717, 1.165) is 39.5 Å². The highest BCUT2D eigenvalue weighted by Crippen LogP contribution is 2.28. The minimum atomic E-state index is -0.544. The zero-order valence-corrected chi connectivity index (χ0v) is 22.0. The monoisotopic (exact) mass is 532 g/mol. The molecule has 0 aliphatic carbocycles. The number of ketones is 1. The smallest absolute Gasteiger partial charge is 0.247 e. The first-order valence-electron chi connectivity index (χ1n) is 13.2. The molecular weight excluding hydrogens is 504 g/mol. The molecular formula is C31H28N6O3. The molecule has 6 rings (SSSR count). The van der Waals surface area contributed by atoms with Crippen LogP contribution in [0.25, 0.3) is 21.7 Å². The average Bonchev–Trinajstić information content (AvgIpc) is 3.59. The van der Waals surface area contributed by atoms with Gasteiger partial charge in [-0.1, -0.05) is 30.3 Å². The minimum absolute atomic E-state index is 0.0306. The van der Waals surface area contributed by atoms with Crippen LogP contribution in [0.3, 0.4) is 0 Å². The second kappa shape index (κ2) is 10.6. The van der Waals surface area contributed by atoms with Crippen LogP contribution in [0, 0.1) is 0 Å². The maximum atomic E-state index is 13.5. The Labute approximate surface area is 230 Å². The van der Waals surface area contributed by atoms with Crippen LogP contribution < -0.4 is 10.6 Å². The van der Waals surface area contributed by atoms with E-state index in [-0.39, 0.29) is 24.1 Å². The summed E-state index contributed by atoms with van der Waals surface area (Å²) in [5, 5.41) is 9.12. The first-order chi connectivity index (χ1) is 19.5. The number of rotatable bonds is 7. The summed E-state index contributed by atoms with van der Waals surface area (Å²) in [6, 6.07) is 18.9. The number of benzene rings is 3. The third kappa shape index (κ3) is 5.01. The fourth-order valence-electron chi connectivity index (χ4n) is 5.38. The van der Waals surface area contributed by atoms with E-state index in [9.17, 15) is 14.4 Å². The highest BCUT2D eigenvalue weighted by Gasteiger charge is 2.34. The van der Waals surface area contributed by atoms with Gasteiger partial charge in [-0.3, -0.25) is 14.4 Å². The van der Waals surface area contributed by atoms with Crippen molar-refractivity contribution < 1.29 is 14.4 Å². The molecule has 40 heavy (non-hydrogen) atoms. The van der Waals surface area contributed by atoms with E-state index < -0.39 is 6.04 Å². The fraction of sp³-hybridized carbons (Fsp3) is 0.194. The zero-order valence-electron chi connectivity index (χ0n) is 22.0. The van der Waals surface area contributed by atoms with Crippen LogP contribution in [0.2, 0.25) is 0 Å². The van der Waals surface area contributed by atoms with E-state index in [4.69, 9.17) is 0 Å². The van der Waals surface area contributed by atoms with Crippen LogP contribution in [0.15, 0.2) is 85.6 Å². The van der Waals surface area contributed by atoms with Crippen molar-refractivity contribution in [1.82, 2.24) is 19.4 Å². The molecule has 9 heteroatoms. The Kier molecular flexibility index (Phi) is 6.69. The molecule has 0 unspecified atom stereocenters. The second-order valence-electron chi connectivity index (χ2n) is 10.0. The maximum Gasteiger partial charge on any atom is 0.247 e. The molecule has 200 valence electrons. The van der Waals surface area contributed by atoms with Crippen LogP contribution in [0.4, 0.5) is 17.1 Å². The number of amides is 2. The van der Waals surface area contributed by atoms with Crippen LogP contribution in [-0.2, 0) is 16.1 Å². The van der Waals surface area contributed by atoms with Crippen molar-refractivity contribution in [3.8, 4) is 0 Å². The predicted molar refractivity (Wildman–Crippen MR) is 155 cm³/mol. The van der Waals surface area contributed by atoms with Crippen molar-refractivity contribution in [2.45, 2.75) is 32.4 Å². The minimum Gasteiger partial charge on any atom is -0.353 e. The number of likely N-dealkylation sites (tertiary alicyclic amines) is 1. The summed E-state index contributed by atoms with van der Waals surface area (Å²) >= 11 is 0. The molecule has 5 aromatic rings. The van der Waals surface area contributed by atoms with Crippen LogP contribution in [-0.4, -0.2) is 49.6 Å². The van der Waals surface area contributed by atoms with Gasteiger partial charge in [0.15, 0.2) is 5.78 Å². The van der Waals surface area contributed by atoms with E-state index in [0.29, 0.717) is 24.2 Å². The van der Waals surface area contributed by atoms with Gasteiger partial charge in [-0.25, -0.2) is 9.97 Å². The Morgan fingerprint density at radius 2 is 1.70 bits per heavy atom. The summed E-state index contributed by atoms with van der Waals surface area (Å²) in [7, 11) is 0. The number of Topliss-reactive ketones (excluding diaryl/α,β-unsaturated/α-hetero) is 1. The Morgan fingerprint density at radius 3 is 2.50 bits per heavy atom. The molecule has 0 bridgehead atoms. The highest BCUT2D eigenvalue weighted by atomic mass is 16.2. The predicted octanol–water partition coefficient (Wildman–Crippen LogP) is 5.16. The topological polar surface area (TPSA) is 109 Å². The van der Waals surface area contributed by atoms with Crippen molar-refractivity contribution in [3.63, 3.8) is 0 Å². The summed E-state index contributed by atoms with van der Waals surface area (Å²) in [6.45, 7) is 2.06. The molecule has 1 aliphatic rings. The van der Waals surface area contributed by atoms with E-state index >= 15 is 0 Å². The largest absolute Gasteiger partial charge is 0.353 e. The molecule has 3 aromatic carbocycles. The maximum absolute atomic E-state index is 13.5. The third-order valence-corrected chi connectivity index (χ3v) is 7.31. The van der Waals surface area contributed by atoms with Crippen LogP contribution in [0.1, 0.15) is 30.1 Å². The first kappa shape index (κ1) is 25.2. The lowest BCUT2D eigenvalue weighted by Crippen LogP contribution is -2.44. The normalized spacial score (nSPS) is 14.9. The Bertz CT molecular complexity index is 1750. The summed E-state index contributed by atoms with van der Waals surface area (Å²) in [4.78, 5) is 48.9. The number of hydrogen-bond donors (Lipinski definition) is 2. The summed E-state index contributed by atoms with van der Waals surface area (Å²) in [5.41, 5.74) is 3.51. The molecule has 1 fully saturated rings. The van der Waals surface area contributed by atoms with Gasteiger partial charge in [0.2, 0.25) is 11.8 Å². The molecule has 1 saturated heterocycles. The van der Waals surface area contributed by atoms with Gasteiger partial charge < -0.3 is 20.1 Å². The molecule has 1 aliphatic heterocycles. The van der Waals surface area contributed by atoms with E-state index in [1.165, 1.54) is 13.3 Å². The molecule has 2 N–H and O–H groups in total. The summed E-state index contributed by atoms with van der Waals surface area (Å²) in [6.07, 6.45) is 7.86. The second-order valence-corrected chi connectivity index (χ2v) is 10.0. The van der Waals surface area contributed by atoms with E-state index in [2.05, 4.69) is 20.6 Å². The van der Waals surface area contributed by atoms with Crippen molar-refractivity contribution >= 4 is 56.3 Å². The average molecular weight is 533 g/mol. The van der Waals surface area contributed by atoms with Gasteiger partial charge >= 0.3 is 0 Å². The van der Waals surface area contributed by atoms with Crippen molar-refractivity contribution in [3.05, 3.63) is 91.1 Å². The van der Waals surface area contributed by atoms with Gasteiger partial charge in [-0.05, 0) is 60.9 Å².